The van der Waals surface area contributed by atoms with E-state index in [1.807, 2.05) is 42.5 Å². The van der Waals surface area contributed by atoms with Crippen LogP contribution in [-0.2, 0) is 21.2 Å². The third-order valence-corrected chi connectivity index (χ3v) is 6.25. The summed E-state index contributed by atoms with van der Waals surface area (Å²) in [5, 5.41) is 10.8. The maximum Gasteiger partial charge on any atom is 0.247 e. The molecule has 0 radical (unpaired) electrons. The van der Waals surface area contributed by atoms with Crippen molar-refractivity contribution < 1.29 is 13.2 Å². The van der Waals surface area contributed by atoms with E-state index < -0.39 is 9.84 Å². The summed E-state index contributed by atoms with van der Waals surface area (Å²) in [5.74, 6) is -0.328. The van der Waals surface area contributed by atoms with Crippen molar-refractivity contribution in [2.75, 3.05) is 29.6 Å². The van der Waals surface area contributed by atoms with Gasteiger partial charge in [-0.15, -0.1) is 0 Å². The second kappa shape index (κ2) is 11.1. The molecule has 0 aliphatic carbocycles. The molecule has 0 unspecified atom stereocenters. The van der Waals surface area contributed by atoms with Crippen LogP contribution in [0.15, 0.2) is 87.9 Å². The fourth-order valence-electron chi connectivity index (χ4n) is 3.15. The number of benzene rings is 3. The summed E-state index contributed by atoms with van der Waals surface area (Å²) in [4.78, 5) is 14.6. The summed E-state index contributed by atoms with van der Waals surface area (Å²) >= 11 is 6.08. The van der Waals surface area contributed by atoms with Crippen LogP contribution in [0, 0.1) is 0 Å². The first-order valence-corrected chi connectivity index (χ1v) is 12.6. The van der Waals surface area contributed by atoms with Crippen LogP contribution in [0.3, 0.4) is 0 Å². The van der Waals surface area contributed by atoms with Gasteiger partial charge in [-0.1, -0.05) is 48.0 Å². The predicted molar refractivity (Wildman–Crippen MR) is 132 cm³/mol. The monoisotopic (exact) mass is 484 g/mol. The van der Waals surface area contributed by atoms with Gasteiger partial charge in [-0.25, -0.2) is 8.42 Å². The maximum atomic E-state index is 12.3. The molecule has 0 bridgehead atoms. The quantitative estimate of drug-likeness (QED) is 0.406. The lowest BCUT2D eigenvalue weighted by atomic mass is 10.2. The molecule has 0 spiro atoms. The Hall–Kier alpha value is -3.23. The Morgan fingerprint density at radius 1 is 1.03 bits per heavy atom. The molecule has 0 aliphatic heterocycles. The van der Waals surface area contributed by atoms with Crippen LogP contribution < -0.4 is 10.2 Å². The highest BCUT2D eigenvalue weighted by Gasteiger charge is 2.11. The summed E-state index contributed by atoms with van der Waals surface area (Å²) in [6, 6.07) is 22.0. The van der Waals surface area contributed by atoms with Gasteiger partial charge in [0.05, 0.1) is 9.92 Å². The molecule has 0 saturated heterocycles. The number of anilines is 2. The number of rotatable bonds is 9. The van der Waals surface area contributed by atoms with Crippen LogP contribution in [0.5, 0.6) is 0 Å². The normalized spacial score (nSPS) is 11.5. The number of hydrogen-bond donors (Lipinski definition) is 1. The van der Waals surface area contributed by atoms with Crippen molar-refractivity contribution in [2.24, 2.45) is 10.2 Å². The van der Waals surface area contributed by atoms with Crippen molar-refractivity contribution in [3.63, 3.8) is 0 Å². The summed E-state index contributed by atoms with van der Waals surface area (Å²) in [5.41, 5.74) is 3.16. The smallest absolute Gasteiger partial charge is 0.247 e. The Morgan fingerprint density at radius 3 is 2.45 bits per heavy atom. The van der Waals surface area contributed by atoms with Crippen LogP contribution in [-0.4, -0.2) is 33.7 Å². The molecule has 7 nitrogen and oxygen atoms in total. The fraction of sp³-hybridized carbons (Fsp3) is 0.208. The second-order valence-corrected chi connectivity index (χ2v) is 9.81. The molecule has 3 aromatic rings. The van der Waals surface area contributed by atoms with E-state index in [1.54, 1.807) is 0 Å². The molecule has 0 heterocycles. The van der Waals surface area contributed by atoms with Crippen LogP contribution in [0.1, 0.15) is 12.5 Å². The maximum absolute atomic E-state index is 12.3. The zero-order valence-corrected chi connectivity index (χ0v) is 20.0. The highest BCUT2D eigenvalue weighted by molar-refractivity contribution is 7.90. The standard InChI is InChI=1S/C24H25ClN4O3S/c1-3-29(17-18-8-5-4-6-9-18)20-11-7-10-19(14-20)27-24(30)16-26-28-23-13-12-21(15-22(23)25)33(2,31)32/h4-15H,3,16-17H2,1-2H3,(H,27,30). The van der Waals surface area contributed by atoms with Crippen LogP contribution >= 0.6 is 11.6 Å². The highest BCUT2D eigenvalue weighted by Crippen LogP contribution is 2.28. The van der Waals surface area contributed by atoms with Crippen molar-refractivity contribution >= 4 is 44.4 Å². The van der Waals surface area contributed by atoms with E-state index in [-0.39, 0.29) is 22.4 Å². The Bertz CT molecular complexity index is 1250. The third kappa shape index (κ3) is 7.13. The number of sulfone groups is 1. The van der Waals surface area contributed by atoms with Gasteiger partial charge in [0.2, 0.25) is 5.91 Å². The molecule has 3 aromatic carbocycles. The number of azo groups is 1. The summed E-state index contributed by atoms with van der Waals surface area (Å²) in [6.45, 7) is 3.47. The highest BCUT2D eigenvalue weighted by atomic mass is 35.5. The lowest BCUT2D eigenvalue weighted by Crippen LogP contribution is -2.22. The molecule has 3 rings (SSSR count). The van der Waals surface area contributed by atoms with Gasteiger partial charge < -0.3 is 10.2 Å². The van der Waals surface area contributed by atoms with E-state index in [2.05, 4.69) is 39.5 Å². The summed E-state index contributed by atoms with van der Waals surface area (Å²) < 4.78 is 23.2. The number of carbonyl (C=O) groups excluding carboxylic acids is 1. The largest absolute Gasteiger partial charge is 0.367 e. The number of halogens is 1. The molecule has 1 amide bonds. The van der Waals surface area contributed by atoms with Gasteiger partial charge >= 0.3 is 0 Å². The average molecular weight is 485 g/mol. The van der Waals surface area contributed by atoms with Gasteiger partial charge in [-0.05, 0) is 48.9 Å². The van der Waals surface area contributed by atoms with Crippen molar-refractivity contribution in [3.8, 4) is 0 Å². The first-order valence-electron chi connectivity index (χ1n) is 10.3. The second-order valence-electron chi connectivity index (χ2n) is 7.38. The predicted octanol–water partition coefficient (Wildman–Crippen LogP) is 5.49. The molecule has 33 heavy (non-hydrogen) atoms. The Kier molecular flexibility index (Phi) is 8.19. The van der Waals surface area contributed by atoms with Gasteiger partial charge in [-0.2, -0.15) is 10.2 Å². The lowest BCUT2D eigenvalue weighted by molar-refractivity contribution is -0.114. The molecule has 0 aromatic heterocycles. The van der Waals surface area contributed by atoms with E-state index in [1.165, 1.54) is 23.8 Å². The van der Waals surface area contributed by atoms with Crippen LogP contribution in [0.4, 0.5) is 17.1 Å². The minimum Gasteiger partial charge on any atom is -0.367 e. The van der Waals surface area contributed by atoms with E-state index in [0.29, 0.717) is 11.4 Å². The van der Waals surface area contributed by atoms with Gasteiger partial charge in [-0.3, -0.25) is 4.79 Å². The molecule has 0 atom stereocenters. The first kappa shape index (κ1) is 24.4. The van der Waals surface area contributed by atoms with Crippen LogP contribution in [0.2, 0.25) is 5.02 Å². The topological polar surface area (TPSA) is 91.2 Å². The van der Waals surface area contributed by atoms with Crippen molar-refractivity contribution in [3.05, 3.63) is 83.4 Å². The molecule has 1 N–H and O–H groups in total. The van der Waals surface area contributed by atoms with E-state index in [0.717, 1.165) is 25.0 Å². The molecule has 0 aliphatic rings. The van der Waals surface area contributed by atoms with Gasteiger partial charge in [0.15, 0.2) is 9.84 Å². The van der Waals surface area contributed by atoms with Gasteiger partial charge in [0, 0.05) is 30.7 Å². The van der Waals surface area contributed by atoms with Crippen molar-refractivity contribution in [1.29, 1.82) is 0 Å². The first-order chi connectivity index (χ1) is 15.8. The number of amides is 1. The summed E-state index contributed by atoms with van der Waals surface area (Å²) in [7, 11) is -3.36. The number of hydrogen-bond acceptors (Lipinski definition) is 6. The fourth-order valence-corrected chi connectivity index (χ4v) is 4.08. The minimum absolute atomic E-state index is 0.0949. The lowest BCUT2D eigenvalue weighted by Gasteiger charge is -2.24. The molecular formula is C24H25ClN4O3S. The summed E-state index contributed by atoms with van der Waals surface area (Å²) in [6.07, 6.45) is 1.10. The average Bonchev–Trinajstić information content (AvgIpc) is 2.78. The number of nitrogens with zero attached hydrogens (tertiary/aromatic N) is 3. The Morgan fingerprint density at radius 2 is 1.79 bits per heavy atom. The zero-order chi connectivity index (χ0) is 23.8. The molecule has 9 heteroatoms. The minimum atomic E-state index is -3.36. The van der Waals surface area contributed by atoms with E-state index in [9.17, 15) is 13.2 Å². The van der Waals surface area contributed by atoms with Crippen LogP contribution in [0.25, 0.3) is 0 Å². The third-order valence-electron chi connectivity index (χ3n) is 4.83. The molecule has 0 saturated carbocycles. The SMILES string of the molecule is CCN(Cc1ccccc1)c1cccc(NC(=O)CN=Nc2ccc(S(C)(=O)=O)cc2Cl)c1. The molecule has 172 valence electrons. The molecular weight excluding hydrogens is 460 g/mol. The number of nitrogens with one attached hydrogen (secondary N) is 1. The van der Waals surface area contributed by atoms with E-state index in [4.69, 9.17) is 11.6 Å². The van der Waals surface area contributed by atoms with Crippen molar-refractivity contribution in [2.45, 2.75) is 18.4 Å². The Balaban J connectivity index is 1.61. The van der Waals surface area contributed by atoms with Gasteiger partial charge in [0.25, 0.3) is 0 Å². The Labute approximate surface area is 199 Å². The number of carbonyl (C=O) groups is 1. The van der Waals surface area contributed by atoms with Crippen molar-refractivity contribution in [1.82, 2.24) is 0 Å². The zero-order valence-electron chi connectivity index (χ0n) is 18.4. The van der Waals surface area contributed by atoms with E-state index >= 15 is 0 Å². The molecule has 0 fully saturated rings. The van der Waals surface area contributed by atoms with Gasteiger partial charge in [0.1, 0.15) is 12.2 Å².